The van der Waals surface area contributed by atoms with Gasteiger partial charge in [-0.05, 0) is 74.8 Å². The van der Waals surface area contributed by atoms with Gasteiger partial charge in [0.15, 0.2) is 0 Å². The molecule has 32 heavy (non-hydrogen) atoms. The van der Waals surface area contributed by atoms with Crippen molar-refractivity contribution in [3.05, 3.63) is 59.2 Å². The van der Waals surface area contributed by atoms with Crippen molar-refractivity contribution in [1.29, 1.82) is 0 Å². The fourth-order valence-corrected chi connectivity index (χ4v) is 4.91. The van der Waals surface area contributed by atoms with Crippen molar-refractivity contribution >= 4 is 21.6 Å². The second-order valence-corrected chi connectivity index (χ2v) is 9.95. The van der Waals surface area contributed by atoms with Gasteiger partial charge in [0.2, 0.25) is 0 Å². The van der Waals surface area contributed by atoms with E-state index in [0.29, 0.717) is 17.8 Å². The van der Waals surface area contributed by atoms with Crippen molar-refractivity contribution in [2.24, 2.45) is 0 Å². The highest BCUT2D eigenvalue weighted by molar-refractivity contribution is 7.92. The lowest BCUT2D eigenvalue weighted by Crippen LogP contribution is -2.46. The van der Waals surface area contributed by atoms with Gasteiger partial charge in [-0.15, -0.1) is 0 Å². The molecule has 174 valence electrons. The maximum atomic E-state index is 12.7. The van der Waals surface area contributed by atoms with E-state index in [1.165, 1.54) is 12.1 Å². The third-order valence-corrected chi connectivity index (χ3v) is 7.51. The highest BCUT2D eigenvalue weighted by atomic mass is 32.2. The van der Waals surface area contributed by atoms with Gasteiger partial charge in [0.05, 0.1) is 10.6 Å². The third kappa shape index (κ3) is 6.31. The number of aryl methyl sites for hydroxylation is 1. The molecule has 0 unspecified atom stereocenters. The molecule has 0 aromatic heterocycles. The largest absolute Gasteiger partial charge is 0.352 e. The number of piperazine rings is 1. The minimum Gasteiger partial charge on any atom is -0.352 e. The molecule has 0 saturated carbocycles. The quantitative estimate of drug-likeness (QED) is 0.565. The van der Waals surface area contributed by atoms with Crippen molar-refractivity contribution < 1.29 is 13.2 Å². The van der Waals surface area contributed by atoms with Crippen LogP contribution in [0.1, 0.15) is 34.8 Å². The number of likely N-dealkylation sites (N-methyl/N-ethyl adjacent to an activating group) is 1. The standard InChI is InChI=1S/C24H34N4O3S/c1-4-27-15-17-28(18-16-27)14-6-13-25-24(29)21-9-11-22(12-10-21)32(30,31)26-23-8-5-7-19(2)20(23)3/h5,7-12,26H,4,6,13-18H2,1-3H3,(H,25,29). The first-order chi connectivity index (χ1) is 15.3. The SMILES string of the molecule is CCN1CCN(CCCNC(=O)c2ccc(S(=O)(=O)Nc3cccc(C)c3C)cc2)CC1. The number of anilines is 1. The predicted octanol–water partition coefficient (Wildman–Crippen LogP) is 2.86. The van der Waals surface area contributed by atoms with E-state index in [-0.39, 0.29) is 10.8 Å². The van der Waals surface area contributed by atoms with Crippen molar-refractivity contribution in [3.63, 3.8) is 0 Å². The van der Waals surface area contributed by atoms with Crippen LogP contribution in [0.15, 0.2) is 47.4 Å². The molecular formula is C24H34N4O3S. The molecule has 1 aliphatic heterocycles. The Balaban J connectivity index is 1.49. The third-order valence-electron chi connectivity index (χ3n) is 6.12. The Morgan fingerprint density at radius 3 is 2.28 bits per heavy atom. The summed E-state index contributed by atoms with van der Waals surface area (Å²) in [5, 5.41) is 2.93. The molecule has 0 radical (unpaired) electrons. The predicted molar refractivity (Wildman–Crippen MR) is 129 cm³/mol. The Kier molecular flexibility index (Phi) is 8.28. The van der Waals surface area contributed by atoms with Crippen LogP contribution in [0.4, 0.5) is 5.69 Å². The van der Waals surface area contributed by atoms with Gasteiger partial charge in [-0.3, -0.25) is 9.52 Å². The summed E-state index contributed by atoms with van der Waals surface area (Å²) >= 11 is 0. The lowest BCUT2D eigenvalue weighted by atomic mass is 10.1. The number of nitrogens with one attached hydrogen (secondary N) is 2. The number of benzene rings is 2. The molecule has 1 fully saturated rings. The zero-order valence-electron chi connectivity index (χ0n) is 19.2. The molecule has 1 aliphatic rings. The van der Waals surface area contributed by atoms with Crippen LogP contribution in [0.2, 0.25) is 0 Å². The summed E-state index contributed by atoms with van der Waals surface area (Å²) < 4.78 is 28.1. The summed E-state index contributed by atoms with van der Waals surface area (Å²) in [6.45, 7) is 13.0. The van der Waals surface area contributed by atoms with Crippen LogP contribution in [0.5, 0.6) is 0 Å². The number of amides is 1. The van der Waals surface area contributed by atoms with Crippen LogP contribution in [-0.2, 0) is 10.0 Å². The maximum absolute atomic E-state index is 12.7. The van der Waals surface area contributed by atoms with Gasteiger partial charge in [0.1, 0.15) is 0 Å². The Bertz CT molecular complexity index is 1010. The summed E-state index contributed by atoms with van der Waals surface area (Å²) in [4.78, 5) is 17.4. The molecule has 7 nitrogen and oxygen atoms in total. The van der Waals surface area contributed by atoms with Crippen LogP contribution < -0.4 is 10.0 Å². The van der Waals surface area contributed by atoms with E-state index in [2.05, 4.69) is 26.8 Å². The van der Waals surface area contributed by atoms with Gasteiger partial charge in [-0.25, -0.2) is 8.42 Å². The van der Waals surface area contributed by atoms with E-state index < -0.39 is 10.0 Å². The van der Waals surface area contributed by atoms with E-state index >= 15 is 0 Å². The molecule has 8 heteroatoms. The smallest absolute Gasteiger partial charge is 0.261 e. The van der Waals surface area contributed by atoms with Gasteiger partial charge >= 0.3 is 0 Å². The average Bonchev–Trinajstić information content (AvgIpc) is 2.80. The first-order valence-corrected chi connectivity index (χ1v) is 12.7. The molecular weight excluding hydrogens is 424 g/mol. The van der Waals surface area contributed by atoms with Gasteiger partial charge < -0.3 is 15.1 Å². The molecule has 3 rings (SSSR count). The van der Waals surface area contributed by atoms with Crippen LogP contribution in [0, 0.1) is 13.8 Å². The highest BCUT2D eigenvalue weighted by Gasteiger charge is 2.17. The number of hydrogen-bond acceptors (Lipinski definition) is 5. The molecule has 0 spiro atoms. The van der Waals surface area contributed by atoms with E-state index in [4.69, 9.17) is 0 Å². The molecule has 2 N–H and O–H groups in total. The Morgan fingerprint density at radius 2 is 1.62 bits per heavy atom. The van der Waals surface area contributed by atoms with E-state index in [1.807, 2.05) is 26.0 Å². The second-order valence-electron chi connectivity index (χ2n) is 8.26. The zero-order valence-corrected chi connectivity index (χ0v) is 20.0. The van der Waals surface area contributed by atoms with Gasteiger partial charge in [0, 0.05) is 38.3 Å². The van der Waals surface area contributed by atoms with Crippen LogP contribution in [0.3, 0.4) is 0 Å². The summed E-state index contributed by atoms with van der Waals surface area (Å²) in [5.74, 6) is -0.188. The zero-order chi connectivity index (χ0) is 23.1. The average molecular weight is 459 g/mol. The molecule has 0 atom stereocenters. The van der Waals surface area contributed by atoms with E-state index in [1.54, 1.807) is 18.2 Å². The van der Waals surface area contributed by atoms with Gasteiger partial charge in [-0.1, -0.05) is 19.1 Å². The molecule has 2 aromatic rings. The Morgan fingerprint density at radius 1 is 0.969 bits per heavy atom. The number of carbonyl (C=O) groups excluding carboxylic acids is 1. The molecule has 1 saturated heterocycles. The van der Waals surface area contributed by atoms with Crippen molar-refractivity contribution in [1.82, 2.24) is 15.1 Å². The molecule has 2 aromatic carbocycles. The lowest BCUT2D eigenvalue weighted by molar-refractivity contribution is 0.0948. The first-order valence-electron chi connectivity index (χ1n) is 11.2. The van der Waals surface area contributed by atoms with Crippen LogP contribution in [-0.4, -0.2) is 69.9 Å². The summed E-state index contributed by atoms with van der Waals surface area (Å²) in [6, 6.07) is 11.5. The highest BCUT2D eigenvalue weighted by Crippen LogP contribution is 2.22. The molecule has 1 heterocycles. The number of hydrogen-bond donors (Lipinski definition) is 2. The Hall–Kier alpha value is -2.42. The Labute approximate surface area is 191 Å². The van der Waals surface area contributed by atoms with E-state index in [0.717, 1.165) is 56.8 Å². The second kappa shape index (κ2) is 10.9. The summed E-state index contributed by atoms with van der Waals surface area (Å²) in [5.41, 5.74) is 2.91. The van der Waals surface area contributed by atoms with Crippen LogP contribution >= 0.6 is 0 Å². The number of rotatable bonds is 9. The fraction of sp³-hybridized carbons (Fsp3) is 0.458. The van der Waals surface area contributed by atoms with E-state index in [9.17, 15) is 13.2 Å². The maximum Gasteiger partial charge on any atom is 0.261 e. The lowest BCUT2D eigenvalue weighted by Gasteiger charge is -2.33. The monoisotopic (exact) mass is 458 g/mol. The van der Waals surface area contributed by atoms with Gasteiger partial charge in [0.25, 0.3) is 15.9 Å². The van der Waals surface area contributed by atoms with Gasteiger partial charge in [-0.2, -0.15) is 0 Å². The van der Waals surface area contributed by atoms with Crippen LogP contribution in [0.25, 0.3) is 0 Å². The minimum absolute atomic E-state index is 0.126. The fourth-order valence-electron chi connectivity index (χ4n) is 3.79. The molecule has 0 bridgehead atoms. The number of sulfonamides is 1. The summed E-state index contributed by atoms with van der Waals surface area (Å²) in [6.07, 6.45) is 0.893. The minimum atomic E-state index is -3.73. The van der Waals surface area contributed by atoms with Crippen molar-refractivity contribution in [2.75, 3.05) is 50.5 Å². The number of nitrogens with zero attached hydrogens (tertiary/aromatic N) is 2. The summed E-state index contributed by atoms with van der Waals surface area (Å²) in [7, 11) is -3.73. The molecule has 0 aliphatic carbocycles. The topological polar surface area (TPSA) is 81.8 Å². The number of carbonyl (C=O) groups is 1. The normalized spacial score (nSPS) is 15.5. The van der Waals surface area contributed by atoms with Crippen molar-refractivity contribution in [2.45, 2.75) is 32.1 Å². The molecule has 1 amide bonds. The van der Waals surface area contributed by atoms with Crippen molar-refractivity contribution in [3.8, 4) is 0 Å². The first kappa shape index (κ1) is 24.2.